The Labute approximate surface area is 81.6 Å². The summed E-state index contributed by atoms with van der Waals surface area (Å²) in [6.45, 7) is 5.75. The zero-order valence-corrected chi connectivity index (χ0v) is 8.99. The van der Waals surface area contributed by atoms with E-state index in [4.69, 9.17) is 4.74 Å². The van der Waals surface area contributed by atoms with E-state index in [2.05, 4.69) is 32.5 Å². The highest BCUT2D eigenvalue weighted by atomic mass is 16.5. The van der Waals surface area contributed by atoms with Gasteiger partial charge < -0.3 is 9.64 Å². The summed E-state index contributed by atoms with van der Waals surface area (Å²) in [4.78, 5) is 2.32. The maximum atomic E-state index is 5.44. The molecule has 0 bridgehead atoms. The largest absolute Gasteiger partial charge is 0.499 e. The van der Waals surface area contributed by atoms with E-state index in [0.717, 1.165) is 0 Å². The lowest BCUT2D eigenvalue weighted by Gasteiger charge is -2.29. The van der Waals surface area contributed by atoms with Crippen LogP contribution in [0.1, 0.15) is 26.2 Å². The van der Waals surface area contributed by atoms with E-state index in [1.807, 2.05) is 0 Å². The lowest BCUT2D eigenvalue weighted by molar-refractivity contribution is 0.0680. The SMILES string of the molecule is C=CO[C@@H](C)[C@@H]1CCC[C@@H]1N(C)C. The van der Waals surface area contributed by atoms with E-state index in [1.165, 1.54) is 19.3 Å². The van der Waals surface area contributed by atoms with Crippen molar-refractivity contribution < 1.29 is 4.74 Å². The molecule has 1 fully saturated rings. The van der Waals surface area contributed by atoms with Gasteiger partial charge in [0, 0.05) is 12.0 Å². The molecule has 0 aliphatic heterocycles. The van der Waals surface area contributed by atoms with Crippen LogP contribution in [-0.2, 0) is 4.74 Å². The smallest absolute Gasteiger partial charge is 0.0993 e. The van der Waals surface area contributed by atoms with E-state index >= 15 is 0 Å². The quantitative estimate of drug-likeness (QED) is 0.620. The number of hydrogen-bond donors (Lipinski definition) is 0. The van der Waals surface area contributed by atoms with E-state index in [9.17, 15) is 0 Å². The first-order valence-electron chi connectivity index (χ1n) is 5.09. The van der Waals surface area contributed by atoms with E-state index in [0.29, 0.717) is 18.1 Å². The summed E-state index contributed by atoms with van der Waals surface area (Å²) in [7, 11) is 4.31. The number of hydrogen-bond acceptors (Lipinski definition) is 2. The molecular weight excluding hydrogens is 162 g/mol. The summed E-state index contributed by atoms with van der Waals surface area (Å²) in [5, 5.41) is 0. The maximum Gasteiger partial charge on any atom is 0.0993 e. The molecule has 1 rings (SSSR count). The highest BCUT2D eigenvalue weighted by Crippen LogP contribution is 2.32. The van der Waals surface area contributed by atoms with Crippen LogP contribution >= 0.6 is 0 Å². The van der Waals surface area contributed by atoms with E-state index in [1.54, 1.807) is 6.26 Å². The second-order valence-corrected chi connectivity index (χ2v) is 4.13. The second-order valence-electron chi connectivity index (χ2n) is 4.13. The molecule has 0 unspecified atom stereocenters. The standard InChI is InChI=1S/C11H21NO/c1-5-13-9(2)10-7-6-8-11(10)12(3)4/h5,9-11H,1,6-8H2,2-4H3/t9-,10-,11-/m0/s1. The molecule has 0 aromatic rings. The molecular formula is C11H21NO. The summed E-state index contributed by atoms with van der Waals surface area (Å²) in [5.41, 5.74) is 0. The van der Waals surface area contributed by atoms with E-state index in [-0.39, 0.29) is 0 Å². The fourth-order valence-electron chi connectivity index (χ4n) is 2.41. The van der Waals surface area contributed by atoms with Crippen LogP contribution in [0, 0.1) is 5.92 Å². The highest BCUT2D eigenvalue weighted by molar-refractivity contribution is 4.87. The van der Waals surface area contributed by atoms with Crippen LogP contribution in [0.3, 0.4) is 0 Å². The maximum absolute atomic E-state index is 5.44. The van der Waals surface area contributed by atoms with Crippen LogP contribution in [0.2, 0.25) is 0 Å². The zero-order valence-electron chi connectivity index (χ0n) is 8.99. The summed E-state index contributed by atoms with van der Waals surface area (Å²) in [6.07, 6.45) is 5.81. The molecule has 0 amide bonds. The Morgan fingerprint density at radius 1 is 1.46 bits per heavy atom. The van der Waals surface area contributed by atoms with Gasteiger partial charge in [-0.25, -0.2) is 0 Å². The van der Waals surface area contributed by atoms with Crippen LogP contribution in [0.5, 0.6) is 0 Å². The summed E-state index contributed by atoms with van der Waals surface area (Å²) < 4.78 is 5.44. The van der Waals surface area contributed by atoms with Gasteiger partial charge in [-0.2, -0.15) is 0 Å². The minimum absolute atomic E-state index is 0.312. The fraction of sp³-hybridized carbons (Fsp3) is 0.818. The van der Waals surface area contributed by atoms with Gasteiger partial charge in [0.15, 0.2) is 0 Å². The van der Waals surface area contributed by atoms with Crippen molar-refractivity contribution in [2.75, 3.05) is 14.1 Å². The second kappa shape index (κ2) is 4.66. The molecule has 0 radical (unpaired) electrons. The predicted octanol–water partition coefficient (Wildman–Crippen LogP) is 2.27. The van der Waals surface area contributed by atoms with Gasteiger partial charge in [-0.1, -0.05) is 13.0 Å². The van der Waals surface area contributed by atoms with Crippen molar-refractivity contribution in [3.05, 3.63) is 12.8 Å². The predicted molar refractivity (Wildman–Crippen MR) is 55.6 cm³/mol. The zero-order chi connectivity index (χ0) is 9.84. The molecule has 0 N–H and O–H groups in total. The Bertz CT molecular complexity index is 167. The Hall–Kier alpha value is -0.500. The van der Waals surface area contributed by atoms with Crippen molar-refractivity contribution in [1.29, 1.82) is 0 Å². The molecule has 1 aliphatic rings. The van der Waals surface area contributed by atoms with Gasteiger partial charge >= 0.3 is 0 Å². The minimum Gasteiger partial charge on any atom is -0.499 e. The van der Waals surface area contributed by atoms with Crippen molar-refractivity contribution >= 4 is 0 Å². The Morgan fingerprint density at radius 3 is 2.69 bits per heavy atom. The molecule has 0 heterocycles. The molecule has 1 saturated carbocycles. The third kappa shape index (κ3) is 2.47. The van der Waals surface area contributed by atoms with Crippen molar-refractivity contribution in [3.8, 4) is 0 Å². The lowest BCUT2D eigenvalue weighted by Crippen LogP contribution is -2.36. The van der Waals surface area contributed by atoms with Gasteiger partial charge in [-0.3, -0.25) is 0 Å². The van der Waals surface area contributed by atoms with Crippen LogP contribution in [0.4, 0.5) is 0 Å². The van der Waals surface area contributed by atoms with Gasteiger partial charge in [0.2, 0.25) is 0 Å². The fourth-order valence-corrected chi connectivity index (χ4v) is 2.41. The molecule has 2 heteroatoms. The van der Waals surface area contributed by atoms with Crippen molar-refractivity contribution in [2.45, 2.75) is 38.3 Å². The minimum atomic E-state index is 0.312. The van der Waals surface area contributed by atoms with Crippen molar-refractivity contribution in [3.63, 3.8) is 0 Å². The highest BCUT2D eigenvalue weighted by Gasteiger charge is 2.33. The van der Waals surface area contributed by atoms with E-state index < -0.39 is 0 Å². The third-order valence-electron chi connectivity index (χ3n) is 3.11. The van der Waals surface area contributed by atoms with Gasteiger partial charge in [-0.05, 0) is 33.9 Å². The van der Waals surface area contributed by atoms with Crippen LogP contribution in [-0.4, -0.2) is 31.1 Å². The summed E-state index contributed by atoms with van der Waals surface area (Å²) >= 11 is 0. The number of ether oxygens (including phenoxy) is 1. The van der Waals surface area contributed by atoms with Crippen LogP contribution < -0.4 is 0 Å². The molecule has 1 aliphatic carbocycles. The Kier molecular flexibility index (Phi) is 3.79. The first-order chi connectivity index (χ1) is 6.16. The molecule has 13 heavy (non-hydrogen) atoms. The average molecular weight is 183 g/mol. The van der Waals surface area contributed by atoms with Gasteiger partial charge in [-0.15, -0.1) is 0 Å². The normalized spacial score (nSPS) is 30.5. The molecule has 0 aromatic carbocycles. The molecule has 3 atom stereocenters. The monoisotopic (exact) mass is 183 g/mol. The molecule has 2 nitrogen and oxygen atoms in total. The van der Waals surface area contributed by atoms with Gasteiger partial charge in [0.05, 0.1) is 12.4 Å². The Morgan fingerprint density at radius 2 is 2.15 bits per heavy atom. The molecule has 76 valence electrons. The molecule has 0 aromatic heterocycles. The lowest BCUT2D eigenvalue weighted by atomic mass is 9.97. The van der Waals surface area contributed by atoms with Gasteiger partial charge in [0.25, 0.3) is 0 Å². The third-order valence-corrected chi connectivity index (χ3v) is 3.11. The average Bonchev–Trinajstić information content (AvgIpc) is 2.52. The molecule has 0 saturated heterocycles. The van der Waals surface area contributed by atoms with Gasteiger partial charge in [0.1, 0.15) is 0 Å². The van der Waals surface area contributed by atoms with Crippen molar-refractivity contribution in [2.24, 2.45) is 5.92 Å². The molecule has 0 spiro atoms. The summed E-state index contributed by atoms with van der Waals surface area (Å²) in [5.74, 6) is 0.674. The number of rotatable bonds is 4. The van der Waals surface area contributed by atoms with Crippen LogP contribution in [0.25, 0.3) is 0 Å². The van der Waals surface area contributed by atoms with Crippen molar-refractivity contribution in [1.82, 2.24) is 4.90 Å². The first-order valence-corrected chi connectivity index (χ1v) is 5.09. The Balaban J connectivity index is 2.51. The first kappa shape index (κ1) is 10.6. The topological polar surface area (TPSA) is 12.5 Å². The summed E-state index contributed by atoms with van der Waals surface area (Å²) in [6, 6.07) is 0.690. The number of nitrogens with zero attached hydrogens (tertiary/aromatic N) is 1. The van der Waals surface area contributed by atoms with Crippen LogP contribution in [0.15, 0.2) is 12.8 Å².